The van der Waals surface area contributed by atoms with E-state index in [0.717, 1.165) is 6.54 Å². The molecule has 1 saturated carbocycles. The normalized spacial score (nSPS) is 30.2. The second kappa shape index (κ2) is 4.94. The summed E-state index contributed by atoms with van der Waals surface area (Å²) < 4.78 is 0. The predicted molar refractivity (Wildman–Crippen MR) is 57.5 cm³/mol. The number of rotatable bonds is 2. The van der Waals surface area contributed by atoms with Crippen LogP contribution in [0, 0.1) is 0 Å². The lowest BCUT2D eigenvalue weighted by molar-refractivity contribution is -0.127. The number of hydrogen-bond donors (Lipinski definition) is 2. The lowest BCUT2D eigenvalue weighted by Crippen LogP contribution is -2.58. The van der Waals surface area contributed by atoms with E-state index in [1.165, 1.54) is 32.1 Å². The highest BCUT2D eigenvalue weighted by Gasteiger charge is 2.29. The van der Waals surface area contributed by atoms with E-state index in [0.29, 0.717) is 12.6 Å². The molecule has 0 aromatic rings. The highest BCUT2D eigenvalue weighted by Crippen LogP contribution is 2.23. The zero-order valence-electron chi connectivity index (χ0n) is 9.11. The first kappa shape index (κ1) is 10.9. The van der Waals surface area contributed by atoms with Gasteiger partial charge in [0, 0.05) is 12.6 Å². The summed E-state index contributed by atoms with van der Waals surface area (Å²) in [5, 5.41) is 11.9. The molecule has 15 heavy (non-hydrogen) atoms. The fourth-order valence-corrected chi connectivity index (χ4v) is 2.68. The van der Waals surface area contributed by atoms with Crippen LogP contribution in [-0.2, 0) is 4.79 Å². The SMILES string of the molecule is O=C1CN(C2CCCCC2)CC(CO)N1. The Morgan fingerprint density at radius 1 is 1.33 bits per heavy atom. The monoisotopic (exact) mass is 212 g/mol. The molecule has 0 aromatic carbocycles. The molecule has 1 aliphatic carbocycles. The van der Waals surface area contributed by atoms with Gasteiger partial charge >= 0.3 is 0 Å². The van der Waals surface area contributed by atoms with Crippen LogP contribution in [0.5, 0.6) is 0 Å². The molecule has 0 bridgehead atoms. The molecule has 1 atom stereocenters. The minimum absolute atomic E-state index is 0.0506. The molecule has 1 saturated heterocycles. The van der Waals surface area contributed by atoms with Crippen molar-refractivity contribution in [1.82, 2.24) is 10.2 Å². The lowest BCUT2D eigenvalue weighted by Gasteiger charge is -2.39. The second-order valence-corrected chi connectivity index (χ2v) is 4.67. The molecule has 2 rings (SSSR count). The van der Waals surface area contributed by atoms with Gasteiger partial charge in [-0.2, -0.15) is 0 Å². The Labute approximate surface area is 90.6 Å². The number of hydrogen-bond acceptors (Lipinski definition) is 3. The van der Waals surface area contributed by atoms with Gasteiger partial charge in [0.2, 0.25) is 5.91 Å². The van der Waals surface area contributed by atoms with Crippen LogP contribution in [0.4, 0.5) is 0 Å². The number of carbonyl (C=O) groups excluding carboxylic acids is 1. The Bertz CT molecular complexity index is 227. The van der Waals surface area contributed by atoms with Crippen molar-refractivity contribution in [1.29, 1.82) is 0 Å². The lowest BCUT2D eigenvalue weighted by atomic mass is 9.93. The number of aliphatic hydroxyl groups excluding tert-OH is 1. The van der Waals surface area contributed by atoms with E-state index >= 15 is 0 Å². The van der Waals surface area contributed by atoms with Crippen LogP contribution in [0.1, 0.15) is 32.1 Å². The molecule has 0 aromatic heterocycles. The van der Waals surface area contributed by atoms with Crippen molar-refractivity contribution in [2.45, 2.75) is 44.2 Å². The summed E-state index contributed by atoms with van der Waals surface area (Å²) in [6, 6.07) is 0.507. The minimum Gasteiger partial charge on any atom is -0.394 e. The Hall–Kier alpha value is -0.610. The maximum atomic E-state index is 11.4. The average molecular weight is 212 g/mol. The average Bonchev–Trinajstić information content (AvgIpc) is 2.29. The minimum atomic E-state index is -0.0619. The van der Waals surface area contributed by atoms with Crippen molar-refractivity contribution in [3.8, 4) is 0 Å². The summed E-state index contributed by atoms with van der Waals surface area (Å²) in [6.45, 7) is 1.38. The maximum Gasteiger partial charge on any atom is 0.234 e. The van der Waals surface area contributed by atoms with Gasteiger partial charge in [0.1, 0.15) is 0 Å². The topological polar surface area (TPSA) is 52.6 Å². The van der Waals surface area contributed by atoms with Crippen molar-refractivity contribution in [2.75, 3.05) is 19.7 Å². The fraction of sp³-hybridized carbons (Fsp3) is 0.909. The first-order chi connectivity index (χ1) is 7.29. The van der Waals surface area contributed by atoms with E-state index in [1.807, 2.05) is 0 Å². The van der Waals surface area contributed by atoms with E-state index in [-0.39, 0.29) is 18.6 Å². The van der Waals surface area contributed by atoms with Crippen molar-refractivity contribution >= 4 is 5.91 Å². The van der Waals surface area contributed by atoms with Crippen molar-refractivity contribution < 1.29 is 9.90 Å². The Kier molecular flexibility index (Phi) is 3.59. The van der Waals surface area contributed by atoms with Crippen LogP contribution in [-0.4, -0.2) is 47.7 Å². The van der Waals surface area contributed by atoms with Crippen LogP contribution in [0.3, 0.4) is 0 Å². The van der Waals surface area contributed by atoms with Gasteiger partial charge in [-0.05, 0) is 12.8 Å². The molecule has 4 nitrogen and oxygen atoms in total. The number of nitrogens with one attached hydrogen (secondary N) is 1. The van der Waals surface area contributed by atoms with E-state index in [1.54, 1.807) is 0 Å². The number of nitrogens with zero attached hydrogens (tertiary/aromatic N) is 1. The van der Waals surface area contributed by atoms with Gasteiger partial charge in [-0.15, -0.1) is 0 Å². The van der Waals surface area contributed by atoms with Crippen LogP contribution in [0.15, 0.2) is 0 Å². The number of piperazine rings is 1. The molecule has 2 fully saturated rings. The molecule has 1 unspecified atom stereocenters. The Morgan fingerprint density at radius 3 is 2.73 bits per heavy atom. The first-order valence-corrected chi connectivity index (χ1v) is 5.94. The van der Waals surface area contributed by atoms with Crippen molar-refractivity contribution in [3.05, 3.63) is 0 Å². The summed E-state index contributed by atoms with van der Waals surface area (Å²) in [4.78, 5) is 13.7. The Balaban J connectivity index is 1.92. The van der Waals surface area contributed by atoms with Crippen LogP contribution < -0.4 is 5.32 Å². The third kappa shape index (κ3) is 2.69. The molecule has 1 amide bonds. The summed E-state index contributed by atoms with van der Waals surface area (Å²) in [5.74, 6) is 0.0610. The molecule has 2 N–H and O–H groups in total. The summed E-state index contributed by atoms with van der Waals surface area (Å²) in [6.07, 6.45) is 6.33. The molecule has 0 spiro atoms. The smallest absolute Gasteiger partial charge is 0.234 e. The molecule has 1 heterocycles. The molecule has 1 aliphatic heterocycles. The summed E-state index contributed by atoms with van der Waals surface area (Å²) in [7, 11) is 0. The number of aliphatic hydroxyl groups is 1. The second-order valence-electron chi connectivity index (χ2n) is 4.67. The zero-order chi connectivity index (χ0) is 10.7. The first-order valence-electron chi connectivity index (χ1n) is 5.94. The Morgan fingerprint density at radius 2 is 2.07 bits per heavy atom. The number of carbonyl (C=O) groups is 1. The summed E-state index contributed by atoms with van der Waals surface area (Å²) >= 11 is 0. The van der Waals surface area contributed by atoms with Gasteiger partial charge in [0.25, 0.3) is 0 Å². The van der Waals surface area contributed by atoms with Crippen LogP contribution in [0.2, 0.25) is 0 Å². The van der Waals surface area contributed by atoms with E-state index in [4.69, 9.17) is 5.11 Å². The highest BCUT2D eigenvalue weighted by molar-refractivity contribution is 5.79. The fourth-order valence-electron chi connectivity index (χ4n) is 2.68. The molecule has 4 heteroatoms. The van der Waals surface area contributed by atoms with Gasteiger partial charge in [0.05, 0.1) is 19.2 Å². The third-order valence-corrected chi connectivity index (χ3v) is 3.48. The molecule has 86 valence electrons. The van der Waals surface area contributed by atoms with Gasteiger partial charge in [-0.25, -0.2) is 0 Å². The third-order valence-electron chi connectivity index (χ3n) is 3.48. The van der Waals surface area contributed by atoms with E-state index in [9.17, 15) is 4.79 Å². The van der Waals surface area contributed by atoms with Gasteiger partial charge in [0.15, 0.2) is 0 Å². The number of amides is 1. The van der Waals surface area contributed by atoms with Gasteiger partial charge in [-0.1, -0.05) is 19.3 Å². The van der Waals surface area contributed by atoms with Crippen molar-refractivity contribution in [2.24, 2.45) is 0 Å². The molecule has 0 radical (unpaired) electrons. The zero-order valence-corrected chi connectivity index (χ0v) is 9.11. The predicted octanol–water partition coefficient (Wildman–Crippen LogP) is 0.112. The summed E-state index contributed by atoms with van der Waals surface area (Å²) in [5.41, 5.74) is 0. The van der Waals surface area contributed by atoms with Crippen molar-refractivity contribution in [3.63, 3.8) is 0 Å². The van der Waals surface area contributed by atoms with E-state index in [2.05, 4.69) is 10.2 Å². The van der Waals surface area contributed by atoms with Gasteiger partial charge < -0.3 is 10.4 Å². The highest BCUT2D eigenvalue weighted by atomic mass is 16.3. The van der Waals surface area contributed by atoms with Gasteiger partial charge in [-0.3, -0.25) is 9.69 Å². The van der Waals surface area contributed by atoms with E-state index < -0.39 is 0 Å². The standard InChI is InChI=1S/C11H20N2O2/c14-8-9-6-13(7-11(15)12-9)10-4-2-1-3-5-10/h9-10,14H,1-8H2,(H,12,15). The maximum absolute atomic E-state index is 11.4. The molecular formula is C11H20N2O2. The van der Waals surface area contributed by atoms with Crippen LogP contribution in [0.25, 0.3) is 0 Å². The molecular weight excluding hydrogens is 192 g/mol. The largest absolute Gasteiger partial charge is 0.394 e. The van der Waals surface area contributed by atoms with Crippen LogP contribution >= 0.6 is 0 Å². The quantitative estimate of drug-likeness (QED) is 0.683. The molecule has 2 aliphatic rings.